The van der Waals surface area contributed by atoms with Gasteiger partial charge in [-0.25, -0.2) is 0 Å². The van der Waals surface area contributed by atoms with Crippen LogP contribution in [0.1, 0.15) is 20.7 Å². The van der Waals surface area contributed by atoms with Crippen LogP contribution in [0.3, 0.4) is 0 Å². The average Bonchev–Trinajstić information content (AvgIpc) is 3.16. The van der Waals surface area contributed by atoms with Gasteiger partial charge in [0.25, 0.3) is 17.6 Å². The molecule has 7 nitrogen and oxygen atoms in total. The molecule has 142 valence electrons. The zero-order chi connectivity index (χ0) is 19.7. The number of hydrogen-bond donors (Lipinski definition) is 2. The maximum absolute atomic E-state index is 12.7. The van der Waals surface area contributed by atoms with E-state index in [1.807, 2.05) is 24.3 Å². The predicted octanol–water partition coefficient (Wildman–Crippen LogP) is 1.92. The second-order valence-electron chi connectivity index (χ2n) is 6.79. The first kappa shape index (κ1) is 17.8. The molecule has 2 heterocycles. The number of nitrogens with two attached hydrogens (primary N) is 1. The maximum atomic E-state index is 12.7. The molecule has 3 N–H and O–H groups in total. The highest BCUT2D eigenvalue weighted by atomic mass is 16.2. The van der Waals surface area contributed by atoms with Gasteiger partial charge in [-0.3, -0.25) is 14.4 Å². The molecule has 1 aliphatic heterocycles. The minimum atomic E-state index is -0.541. The van der Waals surface area contributed by atoms with Gasteiger partial charge >= 0.3 is 0 Å². The second-order valence-corrected chi connectivity index (χ2v) is 6.79. The van der Waals surface area contributed by atoms with Gasteiger partial charge in [0.1, 0.15) is 0 Å². The Morgan fingerprint density at radius 2 is 1.61 bits per heavy atom. The Bertz CT molecular complexity index is 1060. The fraction of sp³-hybridized carbons (Fsp3) is 0.190. The SMILES string of the molecule is Nc1cccc(C(=O)N2CCN(C(=O)C(=O)c3c[nH]c4ccccc34)CC2)c1. The minimum Gasteiger partial charge on any atom is -0.399 e. The summed E-state index contributed by atoms with van der Waals surface area (Å²) in [5, 5.41) is 0.733. The van der Waals surface area contributed by atoms with Gasteiger partial charge < -0.3 is 20.5 Å². The Labute approximate surface area is 161 Å². The Balaban J connectivity index is 1.42. The Hall–Kier alpha value is -3.61. The van der Waals surface area contributed by atoms with Crippen molar-refractivity contribution in [2.75, 3.05) is 31.9 Å². The van der Waals surface area contributed by atoms with Crippen molar-refractivity contribution in [3.05, 3.63) is 65.9 Å². The number of nitrogens with zero attached hydrogens (tertiary/aromatic N) is 2. The summed E-state index contributed by atoms with van der Waals surface area (Å²) in [6.07, 6.45) is 1.57. The number of anilines is 1. The van der Waals surface area contributed by atoms with E-state index >= 15 is 0 Å². The topological polar surface area (TPSA) is 99.5 Å². The number of benzene rings is 2. The van der Waals surface area contributed by atoms with Gasteiger partial charge in [-0.1, -0.05) is 24.3 Å². The third kappa shape index (κ3) is 3.22. The normalized spacial score (nSPS) is 14.3. The molecule has 4 rings (SSSR count). The molecule has 1 aromatic heterocycles. The minimum absolute atomic E-state index is 0.123. The van der Waals surface area contributed by atoms with Crippen molar-refractivity contribution in [1.82, 2.24) is 14.8 Å². The van der Waals surface area contributed by atoms with Crippen LogP contribution in [0.2, 0.25) is 0 Å². The molecule has 0 saturated carbocycles. The molecule has 0 radical (unpaired) electrons. The standard InChI is InChI=1S/C21H20N4O3/c22-15-5-3-4-14(12-15)20(27)24-8-10-25(11-9-24)21(28)19(26)17-13-23-18-7-2-1-6-16(17)18/h1-7,12-13,23H,8-11,22H2. The first-order chi connectivity index (χ1) is 13.5. The zero-order valence-corrected chi connectivity index (χ0v) is 15.2. The zero-order valence-electron chi connectivity index (χ0n) is 15.2. The molecule has 1 fully saturated rings. The molecule has 28 heavy (non-hydrogen) atoms. The number of ketones is 1. The third-order valence-corrected chi connectivity index (χ3v) is 5.02. The molecule has 3 aromatic rings. The van der Waals surface area contributed by atoms with E-state index in [0.29, 0.717) is 43.0 Å². The van der Waals surface area contributed by atoms with E-state index in [1.165, 1.54) is 4.90 Å². The summed E-state index contributed by atoms with van der Waals surface area (Å²) in [6, 6.07) is 14.2. The number of piperazine rings is 1. The highest BCUT2D eigenvalue weighted by molar-refractivity contribution is 6.44. The second kappa shape index (κ2) is 7.19. The molecular weight excluding hydrogens is 356 g/mol. The summed E-state index contributed by atoms with van der Waals surface area (Å²) in [5.74, 6) is -1.20. The summed E-state index contributed by atoms with van der Waals surface area (Å²) >= 11 is 0. The van der Waals surface area contributed by atoms with E-state index in [9.17, 15) is 14.4 Å². The Morgan fingerprint density at radius 1 is 0.893 bits per heavy atom. The van der Waals surface area contributed by atoms with Crippen LogP contribution >= 0.6 is 0 Å². The van der Waals surface area contributed by atoms with Crippen molar-refractivity contribution in [2.45, 2.75) is 0 Å². The first-order valence-corrected chi connectivity index (χ1v) is 9.09. The highest BCUT2D eigenvalue weighted by Crippen LogP contribution is 2.19. The van der Waals surface area contributed by atoms with E-state index < -0.39 is 11.7 Å². The van der Waals surface area contributed by atoms with Crippen molar-refractivity contribution in [3.63, 3.8) is 0 Å². The molecular formula is C21H20N4O3. The molecule has 2 amide bonds. The Kier molecular flexibility index (Phi) is 4.57. The van der Waals surface area contributed by atoms with Gasteiger partial charge in [-0.15, -0.1) is 0 Å². The van der Waals surface area contributed by atoms with E-state index in [1.54, 1.807) is 35.4 Å². The quantitative estimate of drug-likeness (QED) is 0.414. The summed E-state index contributed by atoms with van der Waals surface area (Å²) in [6.45, 7) is 1.39. The first-order valence-electron chi connectivity index (χ1n) is 9.09. The van der Waals surface area contributed by atoms with Gasteiger partial charge in [0.15, 0.2) is 0 Å². The average molecular weight is 376 g/mol. The predicted molar refractivity (Wildman–Crippen MR) is 106 cm³/mol. The molecule has 0 unspecified atom stereocenters. The number of fused-ring (bicyclic) bond motifs is 1. The van der Waals surface area contributed by atoms with Crippen molar-refractivity contribution in [3.8, 4) is 0 Å². The summed E-state index contributed by atoms with van der Waals surface area (Å²) in [5.41, 5.74) is 7.99. The van der Waals surface area contributed by atoms with Crippen LogP contribution in [0.4, 0.5) is 5.69 Å². The largest absolute Gasteiger partial charge is 0.399 e. The molecule has 0 atom stereocenters. The molecule has 0 aliphatic carbocycles. The van der Waals surface area contributed by atoms with Gasteiger partial charge in [0.2, 0.25) is 0 Å². The van der Waals surface area contributed by atoms with Crippen LogP contribution in [0.25, 0.3) is 10.9 Å². The number of carbonyl (C=O) groups is 3. The summed E-state index contributed by atoms with van der Waals surface area (Å²) in [7, 11) is 0. The van der Waals surface area contributed by atoms with E-state index in [4.69, 9.17) is 5.73 Å². The number of rotatable bonds is 3. The van der Waals surface area contributed by atoms with E-state index in [-0.39, 0.29) is 5.91 Å². The lowest BCUT2D eigenvalue weighted by Crippen LogP contribution is -2.52. The number of H-pyrrole nitrogens is 1. The van der Waals surface area contributed by atoms with Crippen molar-refractivity contribution >= 4 is 34.2 Å². The van der Waals surface area contributed by atoms with Crippen LogP contribution in [0.5, 0.6) is 0 Å². The molecule has 1 saturated heterocycles. The van der Waals surface area contributed by atoms with Gasteiger partial charge in [0, 0.05) is 54.5 Å². The number of para-hydroxylation sites is 1. The molecule has 2 aromatic carbocycles. The van der Waals surface area contributed by atoms with Crippen molar-refractivity contribution in [1.29, 1.82) is 0 Å². The fourth-order valence-corrected chi connectivity index (χ4v) is 3.49. The van der Waals surface area contributed by atoms with Crippen molar-refractivity contribution in [2.24, 2.45) is 0 Å². The molecule has 1 aliphatic rings. The number of aromatic nitrogens is 1. The van der Waals surface area contributed by atoms with Crippen LogP contribution in [0.15, 0.2) is 54.7 Å². The lowest BCUT2D eigenvalue weighted by atomic mass is 10.1. The molecule has 0 spiro atoms. The molecule has 0 bridgehead atoms. The van der Waals surface area contributed by atoms with E-state index in [2.05, 4.69) is 4.98 Å². The lowest BCUT2D eigenvalue weighted by molar-refractivity contribution is -0.127. The van der Waals surface area contributed by atoms with Crippen LogP contribution in [-0.4, -0.2) is 58.6 Å². The highest BCUT2D eigenvalue weighted by Gasteiger charge is 2.30. The van der Waals surface area contributed by atoms with Crippen LogP contribution in [0, 0.1) is 0 Å². The van der Waals surface area contributed by atoms with Gasteiger partial charge in [-0.2, -0.15) is 0 Å². The number of Topliss-reactive ketones (excluding diaryl/α,β-unsaturated/α-hetero) is 1. The van der Waals surface area contributed by atoms with Crippen LogP contribution in [-0.2, 0) is 4.79 Å². The number of nitrogen functional groups attached to an aromatic ring is 1. The Morgan fingerprint density at radius 3 is 2.36 bits per heavy atom. The van der Waals surface area contributed by atoms with E-state index in [0.717, 1.165) is 10.9 Å². The van der Waals surface area contributed by atoms with Crippen molar-refractivity contribution < 1.29 is 14.4 Å². The number of amides is 2. The number of carbonyl (C=O) groups excluding carboxylic acids is 3. The summed E-state index contributed by atoms with van der Waals surface area (Å²) in [4.78, 5) is 44.2. The smallest absolute Gasteiger partial charge is 0.295 e. The summed E-state index contributed by atoms with van der Waals surface area (Å²) < 4.78 is 0. The third-order valence-electron chi connectivity index (χ3n) is 5.02. The fourth-order valence-electron chi connectivity index (χ4n) is 3.49. The lowest BCUT2D eigenvalue weighted by Gasteiger charge is -2.34. The van der Waals surface area contributed by atoms with Crippen LogP contribution < -0.4 is 5.73 Å². The number of hydrogen-bond acceptors (Lipinski definition) is 4. The number of nitrogens with one attached hydrogen (secondary N) is 1. The monoisotopic (exact) mass is 376 g/mol. The van der Waals surface area contributed by atoms with Gasteiger partial charge in [0.05, 0.1) is 5.56 Å². The molecule has 7 heteroatoms. The maximum Gasteiger partial charge on any atom is 0.295 e. The number of aromatic amines is 1. The van der Waals surface area contributed by atoms with Gasteiger partial charge in [-0.05, 0) is 24.3 Å².